The smallest absolute Gasteiger partial charge is 0.326 e. The number of carbonyl (C=O) groups excluding carboxylic acids is 3. The molecule has 10 nitrogen and oxygen atoms in total. The van der Waals surface area contributed by atoms with E-state index in [4.69, 9.17) is 11.5 Å². The van der Waals surface area contributed by atoms with Gasteiger partial charge in [-0.15, -0.1) is 0 Å². The molecular formula is C17H33N5O5S. The van der Waals surface area contributed by atoms with E-state index >= 15 is 0 Å². The Labute approximate surface area is 171 Å². The summed E-state index contributed by atoms with van der Waals surface area (Å²) in [5.74, 6) is -3.28. The van der Waals surface area contributed by atoms with Crippen LogP contribution < -0.4 is 27.4 Å². The SMILES string of the molecule is CC(N)C(=O)NC(CCCCN)C(=O)NC(CS)C(=O)NC(C(=O)O)C(C)C. The number of hydrogen-bond acceptors (Lipinski definition) is 7. The fourth-order valence-electron chi connectivity index (χ4n) is 2.30. The van der Waals surface area contributed by atoms with Crippen molar-refractivity contribution in [3.63, 3.8) is 0 Å². The summed E-state index contributed by atoms with van der Waals surface area (Å²) in [6, 6.07) is -3.83. The molecule has 8 N–H and O–H groups in total. The maximum absolute atomic E-state index is 12.6. The molecule has 4 atom stereocenters. The molecule has 0 heterocycles. The number of carbonyl (C=O) groups is 4. The van der Waals surface area contributed by atoms with E-state index < -0.39 is 47.9 Å². The van der Waals surface area contributed by atoms with Crippen LogP contribution in [0.1, 0.15) is 40.0 Å². The van der Waals surface area contributed by atoms with E-state index in [1.54, 1.807) is 13.8 Å². The minimum absolute atomic E-state index is 0.0429. The van der Waals surface area contributed by atoms with Gasteiger partial charge in [0.2, 0.25) is 17.7 Å². The molecule has 0 saturated carbocycles. The topological polar surface area (TPSA) is 177 Å². The van der Waals surface area contributed by atoms with Crippen molar-refractivity contribution in [3.05, 3.63) is 0 Å². The first-order chi connectivity index (χ1) is 13.0. The van der Waals surface area contributed by atoms with E-state index in [-0.39, 0.29) is 11.7 Å². The van der Waals surface area contributed by atoms with Gasteiger partial charge in [0.25, 0.3) is 0 Å². The Bertz CT molecular complexity index is 544. The lowest BCUT2D eigenvalue weighted by Crippen LogP contribution is -2.58. The van der Waals surface area contributed by atoms with E-state index in [1.807, 2.05) is 0 Å². The highest BCUT2D eigenvalue weighted by atomic mass is 32.1. The number of carboxylic acids is 1. The third kappa shape index (κ3) is 9.38. The summed E-state index contributed by atoms with van der Waals surface area (Å²) in [6.07, 6.45) is 1.59. The number of unbranched alkanes of at least 4 members (excludes halogenated alkanes) is 1. The maximum atomic E-state index is 12.6. The van der Waals surface area contributed by atoms with Gasteiger partial charge in [0.05, 0.1) is 6.04 Å². The summed E-state index contributed by atoms with van der Waals surface area (Å²) >= 11 is 4.07. The molecule has 3 amide bonds. The fourth-order valence-corrected chi connectivity index (χ4v) is 2.56. The molecule has 4 unspecified atom stereocenters. The van der Waals surface area contributed by atoms with Crippen molar-refractivity contribution in [1.82, 2.24) is 16.0 Å². The van der Waals surface area contributed by atoms with Crippen LogP contribution in [0.2, 0.25) is 0 Å². The Morgan fingerprint density at radius 3 is 1.89 bits per heavy atom. The summed E-state index contributed by atoms with van der Waals surface area (Å²) in [4.78, 5) is 48.1. The van der Waals surface area contributed by atoms with Crippen molar-refractivity contribution in [2.75, 3.05) is 12.3 Å². The van der Waals surface area contributed by atoms with Gasteiger partial charge in [-0.05, 0) is 38.6 Å². The Kier molecular flexibility index (Phi) is 12.5. The molecule has 0 aromatic heterocycles. The average molecular weight is 420 g/mol. The van der Waals surface area contributed by atoms with Gasteiger partial charge in [-0.25, -0.2) is 4.79 Å². The second kappa shape index (κ2) is 13.3. The second-order valence-electron chi connectivity index (χ2n) is 6.95. The van der Waals surface area contributed by atoms with Crippen LogP contribution in [-0.4, -0.2) is 65.3 Å². The van der Waals surface area contributed by atoms with Crippen molar-refractivity contribution >= 4 is 36.3 Å². The molecule has 28 heavy (non-hydrogen) atoms. The lowest BCUT2D eigenvalue weighted by molar-refractivity contribution is -0.143. The first kappa shape index (κ1) is 26.1. The van der Waals surface area contributed by atoms with E-state index in [2.05, 4.69) is 28.6 Å². The highest BCUT2D eigenvalue weighted by molar-refractivity contribution is 7.80. The molecule has 0 aliphatic carbocycles. The van der Waals surface area contributed by atoms with Gasteiger partial charge < -0.3 is 32.5 Å². The molecule has 0 aromatic rings. The first-order valence-electron chi connectivity index (χ1n) is 9.25. The molecule has 0 saturated heterocycles. The zero-order valence-electron chi connectivity index (χ0n) is 16.6. The Morgan fingerprint density at radius 2 is 1.46 bits per heavy atom. The van der Waals surface area contributed by atoms with Crippen LogP contribution in [0.4, 0.5) is 0 Å². The van der Waals surface area contributed by atoms with Crippen molar-refractivity contribution in [3.8, 4) is 0 Å². The third-order valence-electron chi connectivity index (χ3n) is 4.04. The lowest BCUT2D eigenvalue weighted by atomic mass is 10.0. The van der Waals surface area contributed by atoms with Crippen LogP contribution in [0.15, 0.2) is 0 Å². The molecule has 0 fully saturated rings. The fraction of sp³-hybridized carbons (Fsp3) is 0.765. The summed E-state index contributed by atoms with van der Waals surface area (Å²) in [5.41, 5.74) is 11.0. The minimum atomic E-state index is -1.17. The van der Waals surface area contributed by atoms with Gasteiger partial charge in [0.1, 0.15) is 18.1 Å². The average Bonchev–Trinajstić information content (AvgIpc) is 2.62. The molecule has 0 aliphatic heterocycles. The number of hydrogen-bond donors (Lipinski definition) is 7. The highest BCUT2D eigenvalue weighted by Gasteiger charge is 2.30. The molecule has 0 rings (SSSR count). The Hall–Kier alpha value is -1.85. The molecule has 162 valence electrons. The maximum Gasteiger partial charge on any atom is 0.326 e. The number of nitrogens with two attached hydrogens (primary N) is 2. The zero-order chi connectivity index (χ0) is 21.9. The first-order valence-corrected chi connectivity index (χ1v) is 9.88. The number of thiol groups is 1. The van der Waals surface area contributed by atoms with Gasteiger partial charge in [0.15, 0.2) is 0 Å². The minimum Gasteiger partial charge on any atom is -0.480 e. The molecular weight excluding hydrogens is 386 g/mol. The Morgan fingerprint density at radius 1 is 0.929 bits per heavy atom. The van der Waals surface area contributed by atoms with Crippen LogP contribution >= 0.6 is 12.6 Å². The quantitative estimate of drug-likeness (QED) is 0.142. The van der Waals surface area contributed by atoms with Gasteiger partial charge >= 0.3 is 5.97 Å². The highest BCUT2D eigenvalue weighted by Crippen LogP contribution is 2.05. The largest absolute Gasteiger partial charge is 0.480 e. The molecule has 0 bridgehead atoms. The number of aliphatic carboxylic acids is 1. The Balaban J connectivity index is 5.11. The predicted molar refractivity (Wildman–Crippen MR) is 109 cm³/mol. The number of nitrogens with one attached hydrogen (secondary N) is 3. The van der Waals surface area contributed by atoms with E-state index in [0.29, 0.717) is 25.8 Å². The van der Waals surface area contributed by atoms with Gasteiger partial charge in [-0.3, -0.25) is 14.4 Å². The van der Waals surface area contributed by atoms with E-state index in [1.165, 1.54) is 6.92 Å². The van der Waals surface area contributed by atoms with E-state index in [0.717, 1.165) is 0 Å². The molecule has 0 aliphatic rings. The number of carboxylic acid groups (broad SMARTS) is 1. The van der Waals surface area contributed by atoms with E-state index in [9.17, 15) is 24.3 Å². The van der Waals surface area contributed by atoms with Gasteiger partial charge in [-0.2, -0.15) is 12.6 Å². The monoisotopic (exact) mass is 419 g/mol. The van der Waals surface area contributed by atoms with Crippen molar-refractivity contribution in [1.29, 1.82) is 0 Å². The van der Waals surface area contributed by atoms with Crippen LogP contribution in [0.5, 0.6) is 0 Å². The number of rotatable bonds is 13. The standard InChI is InChI=1S/C17H33N5O5S/c1-9(2)13(17(26)27)22-16(25)12(8-28)21-15(24)11(6-4-5-7-18)20-14(23)10(3)19/h9-13,28H,4-8,18-19H2,1-3H3,(H,20,23)(H,21,24)(H,22,25)(H,26,27). The normalized spacial score (nSPS) is 15.2. The van der Waals surface area contributed by atoms with Crippen molar-refractivity contribution in [2.45, 2.75) is 64.2 Å². The molecule has 0 aromatic carbocycles. The van der Waals surface area contributed by atoms with Crippen LogP contribution in [0, 0.1) is 5.92 Å². The second-order valence-corrected chi connectivity index (χ2v) is 7.31. The zero-order valence-corrected chi connectivity index (χ0v) is 17.5. The molecule has 0 spiro atoms. The third-order valence-corrected chi connectivity index (χ3v) is 4.40. The summed E-state index contributed by atoms with van der Waals surface area (Å²) in [6.45, 7) is 5.25. The summed E-state index contributed by atoms with van der Waals surface area (Å²) < 4.78 is 0. The van der Waals surface area contributed by atoms with Crippen LogP contribution in [-0.2, 0) is 19.2 Å². The van der Waals surface area contributed by atoms with Crippen LogP contribution in [0.3, 0.4) is 0 Å². The number of amides is 3. The molecule has 11 heteroatoms. The van der Waals surface area contributed by atoms with Gasteiger partial charge in [0, 0.05) is 5.75 Å². The summed E-state index contributed by atoms with van der Waals surface area (Å²) in [5, 5.41) is 16.7. The van der Waals surface area contributed by atoms with Crippen LogP contribution in [0.25, 0.3) is 0 Å². The predicted octanol–water partition coefficient (Wildman–Crippen LogP) is -1.41. The van der Waals surface area contributed by atoms with Crippen molar-refractivity contribution in [2.24, 2.45) is 17.4 Å². The lowest BCUT2D eigenvalue weighted by Gasteiger charge is -2.25. The molecule has 0 radical (unpaired) electrons. The summed E-state index contributed by atoms with van der Waals surface area (Å²) in [7, 11) is 0. The van der Waals surface area contributed by atoms with Gasteiger partial charge in [-0.1, -0.05) is 13.8 Å². The van der Waals surface area contributed by atoms with Crippen molar-refractivity contribution < 1.29 is 24.3 Å².